The molecule has 2 aromatic carbocycles. The van der Waals surface area contributed by atoms with Gasteiger partial charge in [-0.1, -0.05) is 30.1 Å². The van der Waals surface area contributed by atoms with Crippen LogP contribution in [0.4, 0.5) is 5.69 Å². The topological polar surface area (TPSA) is 68.1 Å². The highest BCUT2D eigenvalue weighted by molar-refractivity contribution is 6.33. The lowest BCUT2D eigenvalue weighted by Gasteiger charge is -2.17. The molecule has 7 heteroatoms. The SMILES string of the molecule is CC[C@H](C)Oc1c(Cl)cc(C=Nc2cc(C(=O)O)ccc2Cl)cc1OC. The molecule has 0 aliphatic rings. The second-order valence-electron chi connectivity index (χ2n) is 5.60. The van der Waals surface area contributed by atoms with E-state index in [1.54, 1.807) is 12.1 Å². The molecule has 0 aromatic heterocycles. The van der Waals surface area contributed by atoms with E-state index in [1.807, 2.05) is 13.8 Å². The molecule has 0 unspecified atom stereocenters. The van der Waals surface area contributed by atoms with Crippen molar-refractivity contribution in [2.75, 3.05) is 7.11 Å². The highest BCUT2D eigenvalue weighted by Crippen LogP contribution is 2.37. The van der Waals surface area contributed by atoms with Crippen LogP contribution in [-0.4, -0.2) is 30.5 Å². The van der Waals surface area contributed by atoms with Crippen LogP contribution in [0.2, 0.25) is 10.0 Å². The lowest BCUT2D eigenvalue weighted by atomic mass is 10.2. The summed E-state index contributed by atoms with van der Waals surface area (Å²) in [7, 11) is 1.53. The molecule has 2 aromatic rings. The van der Waals surface area contributed by atoms with Crippen molar-refractivity contribution in [1.82, 2.24) is 0 Å². The quantitative estimate of drug-likeness (QED) is 0.616. The Kier molecular flexibility index (Phi) is 6.89. The average molecular weight is 396 g/mol. The summed E-state index contributed by atoms with van der Waals surface area (Å²) in [6.07, 6.45) is 2.37. The minimum absolute atomic E-state index is 0.00141. The summed E-state index contributed by atoms with van der Waals surface area (Å²) in [5.41, 5.74) is 1.12. The zero-order valence-corrected chi connectivity index (χ0v) is 16.1. The van der Waals surface area contributed by atoms with Crippen LogP contribution in [0.25, 0.3) is 0 Å². The summed E-state index contributed by atoms with van der Waals surface area (Å²) >= 11 is 12.4. The zero-order chi connectivity index (χ0) is 19.3. The Morgan fingerprint density at radius 3 is 2.62 bits per heavy atom. The minimum atomic E-state index is -1.05. The number of methoxy groups -OCH3 is 1. The van der Waals surface area contributed by atoms with Crippen LogP contribution in [0.1, 0.15) is 36.2 Å². The van der Waals surface area contributed by atoms with Crippen molar-refractivity contribution in [1.29, 1.82) is 0 Å². The molecule has 1 N–H and O–H groups in total. The molecule has 0 fully saturated rings. The number of aliphatic imine (C=N–C) groups is 1. The van der Waals surface area contributed by atoms with Gasteiger partial charge in [-0.15, -0.1) is 0 Å². The molecule has 0 heterocycles. The zero-order valence-electron chi connectivity index (χ0n) is 14.6. The van der Waals surface area contributed by atoms with Crippen molar-refractivity contribution in [2.45, 2.75) is 26.4 Å². The predicted octanol–water partition coefficient (Wildman–Crippen LogP) is 5.63. The fraction of sp³-hybridized carbons (Fsp3) is 0.263. The number of ether oxygens (including phenoxy) is 2. The highest BCUT2D eigenvalue weighted by atomic mass is 35.5. The molecule has 0 saturated carbocycles. The van der Waals surface area contributed by atoms with Gasteiger partial charge in [-0.25, -0.2) is 4.79 Å². The first-order valence-corrected chi connectivity index (χ1v) is 8.72. The van der Waals surface area contributed by atoms with Crippen LogP contribution < -0.4 is 9.47 Å². The van der Waals surface area contributed by atoms with Crippen LogP contribution in [0.15, 0.2) is 35.3 Å². The number of carboxylic acid groups (broad SMARTS) is 1. The number of hydrogen-bond acceptors (Lipinski definition) is 4. The first kappa shape index (κ1) is 20.1. The highest BCUT2D eigenvalue weighted by Gasteiger charge is 2.14. The van der Waals surface area contributed by atoms with Gasteiger partial charge >= 0.3 is 5.97 Å². The number of hydrogen-bond donors (Lipinski definition) is 1. The molecule has 0 spiro atoms. The molecule has 138 valence electrons. The lowest BCUT2D eigenvalue weighted by molar-refractivity contribution is 0.0697. The molecule has 5 nitrogen and oxygen atoms in total. The van der Waals surface area contributed by atoms with Gasteiger partial charge in [0.25, 0.3) is 0 Å². The Hall–Kier alpha value is -2.24. The van der Waals surface area contributed by atoms with Gasteiger partial charge in [-0.3, -0.25) is 4.99 Å². The van der Waals surface area contributed by atoms with Gasteiger partial charge in [0, 0.05) is 6.21 Å². The van der Waals surface area contributed by atoms with Crippen LogP contribution in [0.5, 0.6) is 11.5 Å². The number of halogens is 2. The van der Waals surface area contributed by atoms with E-state index in [0.29, 0.717) is 32.8 Å². The third kappa shape index (κ3) is 4.90. The number of carbonyl (C=O) groups is 1. The molecule has 0 bridgehead atoms. The van der Waals surface area contributed by atoms with E-state index in [-0.39, 0.29) is 11.7 Å². The molecule has 0 radical (unpaired) electrons. The van der Waals surface area contributed by atoms with Crippen molar-refractivity contribution < 1.29 is 19.4 Å². The molecular weight excluding hydrogens is 377 g/mol. The maximum Gasteiger partial charge on any atom is 0.335 e. The number of nitrogens with zero attached hydrogens (tertiary/aromatic N) is 1. The van der Waals surface area contributed by atoms with Crippen molar-refractivity contribution in [3.05, 3.63) is 51.5 Å². The van der Waals surface area contributed by atoms with E-state index in [0.717, 1.165) is 6.42 Å². The average Bonchev–Trinajstić information content (AvgIpc) is 2.62. The number of benzene rings is 2. The molecule has 1 atom stereocenters. The minimum Gasteiger partial charge on any atom is -0.493 e. The van der Waals surface area contributed by atoms with E-state index in [2.05, 4.69) is 4.99 Å². The maximum absolute atomic E-state index is 11.1. The van der Waals surface area contributed by atoms with Gasteiger partial charge in [0.15, 0.2) is 11.5 Å². The van der Waals surface area contributed by atoms with Crippen molar-refractivity contribution >= 4 is 41.1 Å². The van der Waals surface area contributed by atoms with E-state index in [4.69, 9.17) is 37.8 Å². The van der Waals surface area contributed by atoms with Gasteiger partial charge in [-0.05, 0) is 49.2 Å². The Bertz CT molecular complexity index is 837. The molecule has 0 saturated heterocycles. The van der Waals surface area contributed by atoms with Crippen LogP contribution in [-0.2, 0) is 0 Å². The van der Waals surface area contributed by atoms with Gasteiger partial charge < -0.3 is 14.6 Å². The maximum atomic E-state index is 11.1. The summed E-state index contributed by atoms with van der Waals surface area (Å²) in [6.45, 7) is 3.96. The van der Waals surface area contributed by atoms with E-state index in [1.165, 1.54) is 31.5 Å². The molecule has 2 rings (SSSR count). The summed E-state index contributed by atoms with van der Waals surface area (Å²) in [6, 6.07) is 7.75. The fourth-order valence-electron chi connectivity index (χ4n) is 2.10. The van der Waals surface area contributed by atoms with Gasteiger partial charge in [0.1, 0.15) is 0 Å². The molecule has 0 aliphatic carbocycles. The van der Waals surface area contributed by atoms with Gasteiger partial charge in [-0.2, -0.15) is 0 Å². The molecule has 0 amide bonds. The van der Waals surface area contributed by atoms with E-state index >= 15 is 0 Å². The first-order chi connectivity index (χ1) is 12.3. The Morgan fingerprint density at radius 2 is 2.00 bits per heavy atom. The Morgan fingerprint density at radius 1 is 1.27 bits per heavy atom. The smallest absolute Gasteiger partial charge is 0.335 e. The number of rotatable bonds is 7. The van der Waals surface area contributed by atoms with Crippen molar-refractivity contribution in [2.24, 2.45) is 4.99 Å². The van der Waals surface area contributed by atoms with Gasteiger partial charge in [0.2, 0.25) is 0 Å². The Balaban J connectivity index is 2.35. The number of aromatic carboxylic acids is 1. The predicted molar refractivity (Wildman–Crippen MR) is 104 cm³/mol. The van der Waals surface area contributed by atoms with E-state index < -0.39 is 5.97 Å². The number of carboxylic acids is 1. The third-order valence-electron chi connectivity index (χ3n) is 3.69. The standard InChI is InChI=1S/C19H19Cl2NO4/c1-4-11(2)26-18-15(21)7-12(8-17(18)25-3)10-22-16-9-13(19(23)24)5-6-14(16)20/h5-11H,4H2,1-3H3,(H,23,24)/t11-/m0/s1. The summed E-state index contributed by atoms with van der Waals surface area (Å²) in [5.74, 6) is -0.0782. The summed E-state index contributed by atoms with van der Waals surface area (Å²) in [5, 5.41) is 9.82. The van der Waals surface area contributed by atoms with Crippen LogP contribution in [0.3, 0.4) is 0 Å². The lowest BCUT2D eigenvalue weighted by Crippen LogP contribution is -2.11. The van der Waals surface area contributed by atoms with Crippen molar-refractivity contribution in [3.8, 4) is 11.5 Å². The molecule has 0 aliphatic heterocycles. The fourth-order valence-corrected chi connectivity index (χ4v) is 2.53. The van der Waals surface area contributed by atoms with Crippen LogP contribution >= 0.6 is 23.2 Å². The van der Waals surface area contributed by atoms with Crippen LogP contribution in [0, 0.1) is 0 Å². The monoisotopic (exact) mass is 395 g/mol. The normalized spacial score (nSPS) is 12.2. The van der Waals surface area contributed by atoms with E-state index in [9.17, 15) is 4.79 Å². The second-order valence-corrected chi connectivity index (χ2v) is 6.41. The second kappa shape index (κ2) is 8.92. The molecule has 26 heavy (non-hydrogen) atoms. The Labute approximate surface area is 162 Å². The summed E-state index contributed by atoms with van der Waals surface area (Å²) < 4.78 is 11.2. The largest absolute Gasteiger partial charge is 0.493 e. The summed E-state index contributed by atoms with van der Waals surface area (Å²) in [4.78, 5) is 15.3. The third-order valence-corrected chi connectivity index (χ3v) is 4.29. The first-order valence-electron chi connectivity index (χ1n) is 7.96. The van der Waals surface area contributed by atoms with Crippen molar-refractivity contribution in [3.63, 3.8) is 0 Å². The molecular formula is C19H19Cl2NO4. The van der Waals surface area contributed by atoms with Gasteiger partial charge in [0.05, 0.1) is 34.5 Å².